The van der Waals surface area contributed by atoms with E-state index in [0.717, 1.165) is 0 Å². The van der Waals surface area contributed by atoms with E-state index >= 15 is 0 Å². The number of nitrogens with one attached hydrogen (secondary N) is 2. The van der Waals surface area contributed by atoms with E-state index in [9.17, 15) is 24.3 Å². The number of benzene rings is 2. The second-order valence-electron chi connectivity index (χ2n) is 8.02. The third-order valence-electron chi connectivity index (χ3n) is 5.76. The van der Waals surface area contributed by atoms with Gasteiger partial charge in [0.1, 0.15) is 6.61 Å². The van der Waals surface area contributed by atoms with Gasteiger partial charge in [0.05, 0.1) is 13.2 Å². The van der Waals surface area contributed by atoms with Crippen LogP contribution in [0.3, 0.4) is 0 Å². The van der Waals surface area contributed by atoms with Crippen LogP contribution in [-0.2, 0) is 19.1 Å². The Bertz CT molecular complexity index is 1350. The molecule has 0 bridgehead atoms. The van der Waals surface area contributed by atoms with Gasteiger partial charge in [-0.3, -0.25) is 24.0 Å². The maximum atomic E-state index is 13.1. The number of carbonyl (C=O) groups excluding carboxylic acids is 3. The summed E-state index contributed by atoms with van der Waals surface area (Å²) < 4.78 is 14.9. The zero-order valence-electron chi connectivity index (χ0n) is 18.7. The average molecular weight is 495 g/mol. The summed E-state index contributed by atoms with van der Waals surface area (Å²) >= 11 is 0. The van der Waals surface area contributed by atoms with Gasteiger partial charge in [0, 0.05) is 29.2 Å². The molecule has 13 nitrogen and oxygen atoms in total. The predicted octanol–water partition coefficient (Wildman–Crippen LogP) is 0.718. The van der Waals surface area contributed by atoms with E-state index in [-0.39, 0.29) is 25.6 Å². The number of rotatable bonds is 6. The van der Waals surface area contributed by atoms with Crippen LogP contribution >= 0.6 is 0 Å². The summed E-state index contributed by atoms with van der Waals surface area (Å²) in [4.78, 5) is 54.1. The molecule has 2 aromatic carbocycles. The van der Waals surface area contributed by atoms with Crippen molar-refractivity contribution in [3.8, 4) is 11.4 Å². The van der Waals surface area contributed by atoms with Gasteiger partial charge in [-0.25, -0.2) is 9.59 Å². The molecule has 2 atom stereocenters. The molecule has 2 aliphatic rings. The molecule has 186 valence electrons. The molecule has 0 aliphatic carbocycles. The Kier molecular flexibility index (Phi) is 6.23. The Labute approximate surface area is 203 Å². The fourth-order valence-corrected chi connectivity index (χ4v) is 3.96. The maximum Gasteiger partial charge on any atom is 0.439 e. The zero-order chi connectivity index (χ0) is 25.2. The lowest BCUT2D eigenvalue weighted by molar-refractivity contribution is -0.150. The Morgan fingerprint density at radius 2 is 1.78 bits per heavy atom. The Morgan fingerprint density at radius 1 is 1.06 bits per heavy atom. The van der Waals surface area contributed by atoms with Crippen LogP contribution in [0.4, 0.5) is 21.9 Å². The molecule has 2 fully saturated rings. The third kappa shape index (κ3) is 4.56. The SMILES string of the molecule is O=C(Nc1ccc(-c2noc(=O)[nH]2)cc1)[C@H](O)[C@H]1OCCN(c2cccc(N3CCOC3=O)c2)C1=O. The molecule has 0 radical (unpaired) electrons. The van der Waals surface area contributed by atoms with Gasteiger partial charge in [-0.05, 0) is 42.5 Å². The van der Waals surface area contributed by atoms with Gasteiger partial charge in [-0.2, -0.15) is 0 Å². The van der Waals surface area contributed by atoms with Crippen LogP contribution in [0.15, 0.2) is 57.8 Å². The Morgan fingerprint density at radius 3 is 2.44 bits per heavy atom. The van der Waals surface area contributed by atoms with Crippen LogP contribution in [-0.4, -0.2) is 71.7 Å². The molecular weight excluding hydrogens is 474 g/mol. The van der Waals surface area contributed by atoms with Crippen molar-refractivity contribution in [1.82, 2.24) is 10.1 Å². The number of aliphatic hydroxyl groups excluding tert-OH is 1. The lowest BCUT2D eigenvalue weighted by Gasteiger charge is -2.34. The van der Waals surface area contributed by atoms with Gasteiger partial charge in [-0.1, -0.05) is 11.2 Å². The highest BCUT2D eigenvalue weighted by atomic mass is 16.6. The first kappa shape index (κ1) is 23.3. The zero-order valence-corrected chi connectivity index (χ0v) is 18.7. The van der Waals surface area contributed by atoms with E-state index in [2.05, 4.69) is 20.0 Å². The molecule has 1 aromatic heterocycles. The van der Waals surface area contributed by atoms with E-state index in [0.29, 0.717) is 29.2 Å². The van der Waals surface area contributed by atoms with Crippen molar-refractivity contribution >= 4 is 35.0 Å². The smallest absolute Gasteiger partial charge is 0.439 e. The minimum atomic E-state index is -1.77. The number of ether oxygens (including phenoxy) is 2. The van der Waals surface area contributed by atoms with Gasteiger partial charge in [-0.15, -0.1) is 0 Å². The van der Waals surface area contributed by atoms with Gasteiger partial charge < -0.3 is 24.8 Å². The van der Waals surface area contributed by atoms with Crippen LogP contribution in [0.25, 0.3) is 11.4 Å². The number of nitrogens with zero attached hydrogens (tertiary/aromatic N) is 3. The number of hydrogen-bond donors (Lipinski definition) is 3. The summed E-state index contributed by atoms with van der Waals surface area (Å²) in [5.41, 5.74) is 1.96. The monoisotopic (exact) mass is 495 g/mol. The summed E-state index contributed by atoms with van der Waals surface area (Å²) in [7, 11) is 0. The fourth-order valence-electron chi connectivity index (χ4n) is 3.96. The Hall–Kier alpha value is -4.49. The first-order chi connectivity index (χ1) is 17.4. The van der Waals surface area contributed by atoms with Crippen LogP contribution in [0.2, 0.25) is 0 Å². The quantitative estimate of drug-likeness (QED) is 0.446. The van der Waals surface area contributed by atoms with E-state index in [1.54, 1.807) is 36.4 Å². The number of carbonyl (C=O) groups is 3. The highest BCUT2D eigenvalue weighted by molar-refractivity contribution is 6.04. The molecule has 3 heterocycles. The molecule has 36 heavy (non-hydrogen) atoms. The largest absolute Gasteiger partial charge is 0.447 e. The number of morpholine rings is 1. The fraction of sp³-hybridized carbons (Fsp3) is 0.261. The molecule has 13 heteroatoms. The van der Waals surface area contributed by atoms with Crippen LogP contribution in [0.5, 0.6) is 0 Å². The minimum Gasteiger partial charge on any atom is -0.447 e. The van der Waals surface area contributed by atoms with Gasteiger partial charge in [0.2, 0.25) is 0 Å². The van der Waals surface area contributed by atoms with E-state index < -0.39 is 35.9 Å². The number of amides is 3. The Balaban J connectivity index is 1.26. The highest BCUT2D eigenvalue weighted by Gasteiger charge is 2.39. The summed E-state index contributed by atoms with van der Waals surface area (Å²) in [5, 5.41) is 16.7. The topological polar surface area (TPSA) is 167 Å². The lowest BCUT2D eigenvalue weighted by Crippen LogP contribution is -2.55. The summed E-state index contributed by atoms with van der Waals surface area (Å²) in [5.74, 6) is -1.88. The first-order valence-electron chi connectivity index (χ1n) is 11.0. The van der Waals surface area contributed by atoms with Crippen molar-refractivity contribution in [2.75, 3.05) is 41.4 Å². The van der Waals surface area contributed by atoms with Crippen molar-refractivity contribution in [3.05, 3.63) is 59.1 Å². The van der Waals surface area contributed by atoms with E-state index in [1.165, 1.54) is 21.9 Å². The normalized spacial score (nSPS) is 18.8. The number of hydrogen-bond acceptors (Lipinski definition) is 9. The van der Waals surface area contributed by atoms with Crippen molar-refractivity contribution in [2.45, 2.75) is 12.2 Å². The van der Waals surface area contributed by atoms with Crippen LogP contribution < -0.4 is 20.9 Å². The third-order valence-corrected chi connectivity index (χ3v) is 5.76. The minimum absolute atomic E-state index is 0.0985. The number of aromatic nitrogens is 2. The molecule has 0 spiro atoms. The van der Waals surface area contributed by atoms with Crippen molar-refractivity contribution in [2.24, 2.45) is 0 Å². The number of aromatic amines is 1. The number of anilines is 3. The highest BCUT2D eigenvalue weighted by Crippen LogP contribution is 2.27. The first-order valence-corrected chi connectivity index (χ1v) is 11.0. The van der Waals surface area contributed by atoms with Crippen molar-refractivity contribution in [3.63, 3.8) is 0 Å². The van der Waals surface area contributed by atoms with Gasteiger partial charge in [0.15, 0.2) is 18.0 Å². The standard InChI is InChI=1S/C23H21N5O8/c29-17(20(30)24-14-6-4-13(5-7-14)19-25-22(32)36-26-19)18-21(31)27(8-10-34-18)15-2-1-3-16(12-15)28-9-11-35-23(28)33/h1-7,12,17-18,29H,8-11H2,(H,24,30)(H,25,26,32)/t17-,18-/m1/s1. The average Bonchev–Trinajstić information content (AvgIpc) is 3.52. The lowest BCUT2D eigenvalue weighted by atomic mass is 10.1. The van der Waals surface area contributed by atoms with Crippen LogP contribution in [0.1, 0.15) is 0 Å². The second-order valence-corrected chi connectivity index (χ2v) is 8.02. The summed E-state index contributed by atoms with van der Waals surface area (Å²) in [6.07, 6.45) is -3.66. The number of aliphatic hydroxyl groups is 1. The predicted molar refractivity (Wildman–Crippen MR) is 124 cm³/mol. The summed E-state index contributed by atoms with van der Waals surface area (Å²) in [6, 6.07) is 13.0. The molecule has 5 rings (SSSR count). The number of H-pyrrole nitrogens is 1. The van der Waals surface area contributed by atoms with Gasteiger partial charge in [0.25, 0.3) is 11.8 Å². The molecule has 3 N–H and O–H groups in total. The van der Waals surface area contributed by atoms with Crippen molar-refractivity contribution in [1.29, 1.82) is 0 Å². The molecule has 3 amide bonds. The molecule has 2 saturated heterocycles. The molecule has 2 aliphatic heterocycles. The molecule has 0 unspecified atom stereocenters. The number of cyclic esters (lactones) is 1. The van der Waals surface area contributed by atoms with Crippen molar-refractivity contribution < 1.29 is 33.5 Å². The molecule has 3 aromatic rings. The molecular formula is C23H21N5O8. The van der Waals surface area contributed by atoms with E-state index in [4.69, 9.17) is 9.47 Å². The second kappa shape index (κ2) is 9.64. The maximum absolute atomic E-state index is 13.1. The van der Waals surface area contributed by atoms with E-state index in [1.807, 2.05) is 0 Å². The summed E-state index contributed by atoms with van der Waals surface area (Å²) in [6.45, 7) is 0.994. The molecule has 0 saturated carbocycles. The van der Waals surface area contributed by atoms with Gasteiger partial charge >= 0.3 is 11.8 Å². The van der Waals surface area contributed by atoms with Crippen LogP contribution in [0, 0.1) is 0 Å².